The number of carbonyl (C=O) groups excluding carboxylic acids is 3. The number of para-hydroxylation sites is 1. The number of ether oxygens (including phenoxy) is 1. The van der Waals surface area contributed by atoms with Crippen LogP contribution < -0.4 is 15.4 Å². The Kier molecular flexibility index (Phi) is 7.40. The van der Waals surface area contributed by atoms with E-state index in [1.54, 1.807) is 54.6 Å². The first-order chi connectivity index (χ1) is 14.9. The summed E-state index contributed by atoms with van der Waals surface area (Å²) in [6, 6.07) is 20.7. The minimum Gasteiger partial charge on any atom is -0.427 e. The van der Waals surface area contributed by atoms with Crippen molar-refractivity contribution in [2.45, 2.75) is 19.9 Å². The number of hydrogen-bond donors (Lipinski definition) is 2. The molecule has 158 valence electrons. The highest BCUT2D eigenvalue weighted by Gasteiger charge is 2.11. The smallest absolute Gasteiger partial charge is 0.308 e. The van der Waals surface area contributed by atoms with E-state index in [2.05, 4.69) is 10.6 Å². The zero-order valence-corrected chi connectivity index (χ0v) is 17.6. The second-order valence-electron chi connectivity index (χ2n) is 6.81. The predicted octanol–water partition coefficient (Wildman–Crippen LogP) is 4.38. The summed E-state index contributed by atoms with van der Waals surface area (Å²) in [6.45, 7) is 1.56. The van der Waals surface area contributed by atoms with E-state index < -0.39 is 5.97 Å². The van der Waals surface area contributed by atoms with Crippen LogP contribution in [0.1, 0.15) is 28.4 Å². The number of carbonyl (C=O) groups is 3. The molecule has 6 nitrogen and oxygen atoms in total. The fraction of sp³-hybridized carbons (Fsp3) is 0.125. The quantitative estimate of drug-likeness (QED) is 0.425. The van der Waals surface area contributed by atoms with Crippen molar-refractivity contribution in [3.8, 4) is 5.75 Å². The molecule has 0 unspecified atom stereocenters. The van der Waals surface area contributed by atoms with Gasteiger partial charge in [0.05, 0.1) is 6.42 Å². The largest absolute Gasteiger partial charge is 0.427 e. The highest BCUT2D eigenvalue weighted by molar-refractivity contribution is 6.30. The van der Waals surface area contributed by atoms with Crippen LogP contribution in [0.25, 0.3) is 0 Å². The summed E-state index contributed by atoms with van der Waals surface area (Å²) in [5.74, 6) is -0.661. The molecule has 2 N–H and O–H groups in total. The van der Waals surface area contributed by atoms with Gasteiger partial charge >= 0.3 is 5.97 Å². The van der Waals surface area contributed by atoms with Gasteiger partial charge in [0.15, 0.2) is 0 Å². The third kappa shape index (κ3) is 6.69. The number of amides is 2. The van der Waals surface area contributed by atoms with Crippen molar-refractivity contribution in [1.29, 1.82) is 0 Å². The summed E-state index contributed by atoms with van der Waals surface area (Å²) >= 11 is 5.87. The summed E-state index contributed by atoms with van der Waals surface area (Å²) < 4.78 is 5.03. The van der Waals surface area contributed by atoms with E-state index in [-0.39, 0.29) is 24.8 Å². The summed E-state index contributed by atoms with van der Waals surface area (Å²) in [6.07, 6.45) is 0.231. The number of hydrogen-bond acceptors (Lipinski definition) is 4. The zero-order valence-electron chi connectivity index (χ0n) is 16.9. The molecule has 3 aromatic rings. The van der Waals surface area contributed by atoms with Gasteiger partial charge in [0.1, 0.15) is 5.75 Å². The van der Waals surface area contributed by atoms with E-state index in [9.17, 15) is 14.4 Å². The third-order valence-electron chi connectivity index (χ3n) is 4.38. The van der Waals surface area contributed by atoms with Crippen molar-refractivity contribution in [2.75, 3.05) is 5.32 Å². The van der Waals surface area contributed by atoms with Crippen molar-refractivity contribution in [2.24, 2.45) is 0 Å². The maximum absolute atomic E-state index is 12.7. The topological polar surface area (TPSA) is 84.5 Å². The molecular weight excluding hydrogens is 416 g/mol. The Morgan fingerprint density at radius 2 is 1.68 bits per heavy atom. The van der Waals surface area contributed by atoms with Crippen molar-refractivity contribution in [3.05, 3.63) is 94.5 Å². The summed E-state index contributed by atoms with van der Waals surface area (Å²) in [5.41, 5.74) is 2.55. The van der Waals surface area contributed by atoms with Crippen LogP contribution in [0.3, 0.4) is 0 Å². The van der Waals surface area contributed by atoms with Crippen molar-refractivity contribution >= 4 is 35.1 Å². The van der Waals surface area contributed by atoms with E-state index in [4.69, 9.17) is 16.3 Å². The lowest BCUT2D eigenvalue weighted by Crippen LogP contribution is -2.25. The Hall–Kier alpha value is -3.64. The maximum atomic E-state index is 12.7. The van der Waals surface area contributed by atoms with Gasteiger partial charge in [0, 0.05) is 29.7 Å². The average Bonchev–Trinajstić information content (AvgIpc) is 2.74. The van der Waals surface area contributed by atoms with Crippen LogP contribution in [0.2, 0.25) is 5.02 Å². The Morgan fingerprint density at radius 3 is 2.42 bits per heavy atom. The number of nitrogens with one attached hydrogen (secondary N) is 2. The van der Waals surface area contributed by atoms with Gasteiger partial charge in [-0.25, -0.2) is 0 Å². The number of halogens is 1. The van der Waals surface area contributed by atoms with E-state index in [1.165, 1.54) is 13.0 Å². The van der Waals surface area contributed by atoms with Crippen LogP contribution >= 0.6 is 11.6 Å². The lowest BCUT2D eigenvalue weighted by atomic mass is 10.1. The Bertz CT molecular complexity index is 1100. The van der Waals surface area contributed by atoms with Gasteiger partial charge in [0.25, 0.3) is 5.91 Å². The molecule has 0 saturated carbocycles. The van der Waals surface area contributed by atoms with Gasteiger partial charge < -0.3 is 15.4 Å². The zero-order chi connectivity index (χ0) is 22.2. The fourth-order valence-electron chi connectivity index (χ4n) is 2.90. The molecule has 0 radical (unpaired) electrons. The molecule has 0 aliphatic rings. The summed E-state index contributed by atoms with van der Waals surface area (Å²) in [4.78, 5) is 36.1. The van der Waals surface area contributed by atoms with E-state index in [0.29, 0.717) is 22.0 Å². The van der Waals surface area contributed by atoms with E-state index in [0.717, 1.165) is 11.1 Å². The minimum atomic E-state index is -0.461. The minimum absolute atomic E-state index is 0.141. The molecular formula is C24H21ClN2O4. The lowest BCUT2D eigenvalue weighted by molar-refractivity contribution is -0.131. The van der Waals surface area contributed by atoms with Gasteiger partial charge in [-0.15, -0.1) is 0 Å². The first kappa shape index (κ1) is 22.1. The van der Waals surface area contributed by atoms with E-state index in [1.807, 2.05) is 12.1 Å². The highest BCUT2D eigenvalue weighted by atomic mass is 35.5. The van der Waals surface area contributed by atoms with Gasteiger partial charge in [0.2, 0.25) is 5.91 Å². The van der Waals surface area contributed by atoms with Crippen LogP contribution in [0.15, 0.2) is 72.8 Å². The van der Waals surface area contributed by atoms with Gasteiger partial charge in [-0.2, -0.15) is 0 Å². The van der Waals surface area contributed by atoms with Gasteiger partial charge in [-0.05, 0) is 47.5 Å². The monoisotopic (exact) mass is 436 g/mol. The predicted molar refractivity (Wildman–Crippen MR) is 119 cm³/mol. The normalized spacial score (nSPS) is 10.3. The summed E-state index contributed by atoms with van der Waals surface area (Å²) in [7, 11) is 0. The van der Waals surface area contributed by atoms with E-state index >= 15 is 0 Å². The highest BCUT2D eigenvalue weighted by Crippen LogP contribution is 2.19. The van der Waals surface area contributed by atoms with Crippen molar-refractivity contribution in [1.82, 2.24) is 5.32 Å². The molecule has 0 bridgehead atoms. The van der Waals surface area contributed by atoms with Crippen molar-refractivity contribution in [3.63, 3.8) is 0 Å². The number of esters is 1. The molecule has 3 rings (SSSR count). The van der Waals surface area contributed by atoms with Gasteiger partial charge in [-0.3, -0.25) is 14.4 Å². The Balaban J connectivity index is 1.63. The number of benzene rings is 3. The Labute approximate surface area is 185 Å². The van der Waals surface area contributed by atoms with Crippen LogP contribution in [0.4, 0.5) is 5.69 Å². The van der Waals surface area contributed by atoms with Crippen LogP contribution in [0, 0.1) is 0 Å². The third-order valence-corrected chi connectivity index (χ3v) is 4.63. The molecule has 0 aromatic heterocycles. The lowest BCUT2D eigenvalue weighted by Gasteiger charge is -2.12. The second kappa shape index (κ2) is 10.4. The average molecular weight is 437 g/mol. The number of rotatable bonds is 7. The Morgan fingerprint density at radius 1 is 0.935 bits per heavy atom. The standard InChI is InChI=1S/C24H21ClN2O4/c1-16(28)31-21-7-4-6-18(14-21)24(30)27-22-8-3-2-5-19(22)15-26-23(29)13-17-9-11-20(25)12-10-17/h2-12,14H,13,15H2,1H3,(H,26,29)(H,27,30). The second-order valence-corrected chi connectivity index (χ2v) is 7.25. The van der Waals surface area contributed by atoms with Crippen LogP contribution in [-0.2, 0) is 22.6 Å². The number of anilines is 1. The molecule has 0 saturated heterocycles. The SMILES string of the molecule is CC(=O)Oc1cccc(C(=O)Nc2ccccc2CNC(=O)Cc2ccc(Cl)cc2)c1. The summed E-state index contributed by atoms with van der Waals surface area (Å²) in [5, 5.41) is 6.32. The molecule has 7 heteroatoms. The first-order valence-electron chi connectivity index (χ1n) is 9.59. The maximum Gasteiger partial charge on any atom is 0.308 e. The van der Waals surface area contributed by atoms with Gasteiger partial charge in [-0.1, -0.05) is 48.0 Å². The fourth-order valence-corrected chi connectivity index (χ4v) is 3.03. The molecule has 3 aromatic carbocycles. The van der Waals surface area contributed by atoms with Crippen LogP contribution in [0.5, 0.6) is 5.75 Å². The molecule has 0 heterocycles. The molecule has 2 amide bonds. The van der Waals surface area contributed by atoms with Crippen molar-refractivity contribution < 1.29 is 19.1 Å². The van der Waals surface area contributed by atoms with Crippen LogP contribution in [-0.4, -0.2) is 17.8 Å². The molecule has 0 aliphatic carbocycles. The molecule has 31 heavy (non-hydrogen) atoms. The molecule has 0 aliphatic heterocycles. The molecule has 0 atom stereocenters. The first-order valence-corrected chi connectivity index (χ1v) is 9.97. The molecule has 0 fully saturated rings. The molecule has 0 spiro atoms.